The second kappa shape index (κ2) is 6.04. The van der Waals surface area contributed by atoms with Crippen LogP contribution in [0.3, 0.4) is 0 Å². The van der Waals surface area contributed by atoms with Crippen LogP contribution in [0.1, 0.15) is 49.9 Å². The average Bonchev–Trinajstić information content (AvgIpc) is 2.49. The van der Waals surface area contributed by atoms with Crippen LogP contribution in [0, 0.1) is 5.41 Å². The van der Waals surface area contributed by atoms with E-state index >= 15 is 0 Å². The lowest BCUT2D eigenvalue weighted by molar-refractivity contribution is 0.0555. The predicted molar refractivity (Wildman–Crippen MR) is 81.3 cm³/mol. The minimum atomic E-state index is -0.120. The Morgan fingerprint density at radius 1 is 1.30 bits per heavy atom. The van der Waals surface area contributed by atoms with E-state index in [1.54, 1.807) is 12.1 Å². The standard InChI is InChI=1S/C16H22ClNO2/c1-3-16(4-2)7-9-18(10-8-16)15(20)13-11-12(17)5-6-14(13)19/h5-6,11,19H,3-4,7-10H2,1-2H3. The highest BCUT2D eigenvalue weighted by atomic mass is 35.5. The van der Waals surface area contributed by atoms with Crippen molar-refractivity contribution in [2.45, 2.75) is 39.5 Å². The summed E-state index contributed by atoms with van der Waals surface area (Å²) >= 11 is 5.91. The molecule has 4 heteroatoms. The molecule has 1 amide bonds. The van der Waals surface area contributed by atoms with E-state index in [0.29, 0.717) is 16.0 Å². The summed E-state index contributed by atoms with van der Waals surface area (Å²) in [6.45, 7) is 5.96. The molecule has 1 aromatic carbocycles. The zero-order valence-corrected chi connectivity index (χ0v) is 12.9. The first-order valence-corrected chi connectivity index (χ1v) is 7.67. The number of phenolic OH excluding ortho intramolecular Hbond substituents is 1. The van der Waals surface area contributed by atoms with Crippen LogP contribution in [0.4, 0.5) is 0 Å². The molecule has 3 nitrogen and oxygen atoms in total. The number of hydrogen-bond acceptors (Lipinski definition) is 2. The third kappa shape index (κ3) is 2.93. The minimum absolute atomic E-state index is 0.00206. The third-order valence-corrected chi connectivity index (χ3v) is 5.04. The van der Waals surface area contributed by atoms with E-state index in [-0.39, 0.29) is 11.7 Å². The highest BCUT2D eigenvalue weighted by Crippen LogP contribution is 2.38. The predicted octanol–water partition coefficient (Wildman–Crippen LogP) is 4.09. The van der Waals surface area contributed by atoms with Crippen molar-refractivity contribution in [3.63, 3.8) is 0 Å². The summed E-state index contributed by atoms with van der Waals surface area (Å²) in [7, 11) is 0. The van der Waals surface area contributed by atoms with Gasteiger partial charge in [0.1, 0.15) is 5.75 Å². The summed E-state index contributed by atoms with van der Waals surface area (Å²) in [6.07, 6.45) is 4.39. The fourth-order valence-corrected chi connectivity index (χ4v) is 3.16. The number of likely N-dealkylation sites (tertiary alicyclic amines) is 1. The maximum atomic E-state index is 12.5. The van der Waals surface area contributed by atoms with Gasteiger partial charge in [-0.25, -0.2) is 0 Å². The Labute approximate surface area is 125 Å². The number of nitrogens with zero attached hydrogens (tertiary/aromatic N) is 1. The monoisotopic (exact) mass is 295 g/mol. The van der Waals surface area contributed by atoms with Crippen LogP contribution in [-0.2, 0) is 0 Å². The van der Waals surface area contributed by atoms with Gasteiger partial charge in [0.15, 0.2) is 0 Å². The second-order valence-electron chi connectivity index (χ2n) is 5.66. The molecule has 0 aliphatic carbocycles. The van der Waals surface area contributed by atoms with Crippen molar-refractivity contribution in [1.29, 1.82) is 0 Å². The molecule has 110 valence electrons. The quantitative estimate of drug-likeness (QED) is 0.912. The van der Waals surface area contributed by atoms with Gasteiger partial charge in [0.2, 0.25) is 0 Å². The molecular weight excluding hydrogens is 274 g/mol. The van der Waals surface area contributed by atoms with E-state index in [0.717, 1.165) is 38.8 Å². The van der Waals surface area contributed by atoms with Crippen molar-refractivity contribution in [3.05, 3.63) is 28.8 Å². The molecule has 1 heterocycles. The number of phenols is 1. The van der Waals surface area contributed by atoms with Crippen LogP contribution in [0.2, 0.25) is 5.02 Å². The molecule has 0 radical (unpaired) electrons. The molecular formula is C16H22ClNO2. The fraction of sp³-hybridized carbons (Fsp3) is 0.562. The number of carbonyl (C=O) groups excluding carboxylic acids is 1. The lowest BCUT2D eigenvalue weighted by atomic mass is 9.74. The van der Waals surface area contributed by atoms with Crippen molar-refractivity contribution in [3.8, 4) is 5.75 Å². The first-order valence-electron chi connectivity index (χ1n) is 7.29. The molecule has 1 aromatic rings. The lowest BCUT2D eigenvalue weighted by Crippen LogP contribution is -2.42. The van der Waals surface area contributed by atoms with Gasteiger partial charge >= 0.3 is 0 Å². The Bertz CT molecular complexity index is 487. The zero-order valence-electron chi connectivity index (χ0n) is 12.2. The van der Waals surface area contributed by atoms with Crippen molar-refractivity contribution in [2.75, 3.05) is 13.1 Å². The number of piperidine rings is 1. The highest BCUT2D eigenvalue weighted by Gasteiger charge is 2.33. The Hall–Kier alpha value is -1.22. The number of rotatable bonds is 3. The van der Waals surface area contributed by atoms with E-state index in [2.05, 4.69) is 13.8 Å². The van der Waals surface area contributed by atoms with Gasteiger partial charge < -0.3 is 10.0 Å². The van der Waals surface area contributed by atoms with E-state index in [9.17, 15) is 9.90 Å². The van der Waals surface area contributed by atoms with Gasteiger partial charge in [-0.15, -0.1) is 0 Å². The normalized spacial score (nSPS) is 18.1. The van der Waals surface area contributed by atoms with Crippen LogP contribution in [-0.4, -0.2) is 29.0 Å². The van der Waals surface area contributed by atoms with Gasteiger partial charge in [0.05, 0.1) is 5.56 Å². The summed E-state index contributed by atoms with van der Waals surface area (Å²) in [6, 6.07) is 4.60. The number of halogens is 1. The molecule has 20 heavy (non-hydrogen) atoms. The Morgan fingerprint density at radius 3 is 2.45 bits per heavy atom. The third-order valence-electron chi connectivity index (χ3n) is 4.80. The van der Waals surface area contributed by atoms with Crippen molar-refractivity contribution in [2.24, 2.45) is 5.41 Å². The summed E-state index contributed by atoms with van der Waals surface area (Å²) in [5.74, 6) is -0.118. The second-order valence-corrected chi connectivity index (χ2v) is 6.10. The molecule has 0 aromatic heterocycles. The summed E-state index contributed by atoms with van der Waals surface area (Å²) in [5.41, 5.74) is 0.686. The first-order chi connectivity index (χ1) is 9.51. The molecule has 1 N–H and O–H groups in total. The molecule has 1 saturated heterocycles. The van der Waals surface area contributed by atoms with E-state index in [1.165, 1.54) is 6.07 Å². The van der Waals surface area contributed by atoms with Crippen LogP contribution in [0.25, 0.3) is 0 Å². The van der Waals surface area contributed by atoms with Crippen LogP contribution < -0.4 is 0 Å². The van der Waals surface area contributed by atoms with Gasteiger partial charge in [-0.3, -0.25) is 4.79 Å². The van der Waals surface area contributed by atoms with Crippen LogP contribution in [0.5, 0.6) is 5.75 Å². The molecule has 0 bridgehead atoms. The highest BCUT2D eigenvalue weighted by molar-refractivity contribution is 6.31. The smallest absolute Gasteiger partial charge is 0.257 e. The zero-order chi connectivity index (χ0) is 14.8. The van der Waals surface area contributed by atoms with Crippen molar-refractivity contribution in [1.82, 2.24) is 4.90 Å². The molecule has 1 fully saturated rings. The SMILES string of the molecule is CCC1(CC)CCN(C(=O)c2cc(Cl)ccc2O)CC1. The number of aromatic hydroxyl groups is 1. The van der Waals surface area contributed by atoms with Gasteiger partial charge in [-0.1, -0.05) is 38.3 Å². The number of hydrogen-bond donors (Lipinski definition) is 1. The Kier molecular flexibility index (Phi) is 4.59. The molecule has 1 aliphatic heterocycles. The summed E-state index contributed by atoms with van der Waals surface area (Å²) in [4.78, 5) is 14.3. The van der Waals surface area contributed by atoms with Gasteiger partial charge in [0.25, 0.3) is 5.91 Å². The van der Waals surface area contributed by atoms with Crippen molar-refractivity contribution >= 4 is 17.5 Å². The van der Waals surface area contributed by atoms with Gasteiger partial charge in [0, 0.05) is 18.1 Å². The van der Waals surface area contributed by atoms with Crippen molar-refractivity contribution < 1.29 is 9.90 Å². The van der Waals surface area contributed by atoms with Crippen LogP contribution >= 0.6 is 11.6 Å². The molecule has 1 aliphatic rings. The Balaban J connectivity index is 2.10. The Morgan fingerprint density at radius 2 is 1.90 bits per heavy atom. The average molecular weight is 296 g/mol. The molecule has 0 saturated carbocycles. The van der Waals surface area contributed by atoms with Gasteiger partial charge in [-0.2, -0.15) is 0 Å². The number of carbonyl (C=O) groups is 1. The summed E-state index contributed by atoms with van der Waals surface area (Å²) < 4.78 is 0. The molecule has 0 spiro atoms. The molecule has 2 rings (SSSR count). The number of benzene rings is 1. The number of amides is 1. The maximum Gasteiger partial charge on any atom is 0.257 e. The lowest BCUT2D eigenvalue weighted by Gasteiger charge is -2.41. The topological polar surface area (TPSA) is 40.5 Å². The summed E-state index contributed by atoms with van der Waals surface area (Å²) in [5, 5.41) is 10.3. The molecule has 0 atom stereocenters. The first kappa shape index (κ1) is 15.2. The van der Waals surface area contributed by atoms with Gasteiger partial charge in [-0.05, 0) is 36.5 Å². The van der Waals surface area contributed by atoms with E-state index < -0.39 is 0 Å². The maximum absolute atomic E-state index is 12.5. The minimum Gasteiger partial charge on any atom is -0.507 e. The van der Waals surface area contributed by atoms with E-state index in [1.807, 2.05) is 4.90 Å². The van der Waals surface area contributed by atoms with Crippen LogP contribution in [0.15, 0.2) is 18.2 Å². The van der Waals surface area contributed by atoms with E-state index in [4.69, 9.17) is 11.6 Å². The fourth-order valence-electron chi connectivity index (χ4n) is 2.99. The largest absolute Gasteiger partial charge is 0.507 e. The molecule has 0 unspecified atom stereocenters.